The van der Waals surface area contributed by atoms with Crippen molar-refractivity contribution in [3.05, 3.63) is 11.6 Å². The second kappa shape index (κ2) is 5.62. The molecule has 1 aliphatic carbocycles. The molecule has 0 radical (unpaired) electrons. The smallest absolute Gasteiger partial charge is 0.185 e. The molecule has 2 atom stereocenters. The Bertz CT molecular complexity index is 423. The Morgan fingerprint density at radius 3 is 2.65 bits per heavy atom. The van der Waals surface area contributed by atoms with Crippen molar-refractivity contribution in [3.63, 3.8) is 0 Å². The first-order chi connectivity index (χ1) is 9.56. The van der Waals surface area contributed by atoms with Crippen molar-refractivity contribution in [1.82, 2.24) is 9.88 Å². The molecule has 2 fully saturated rings. The van der Waals surface area contributed by atoms with Gasteiger partial charge in [0.25, 0.3) is 0 Å². The van der Waals surface area contributed by atoms with Crippen LogP contribution in [0.4, 0.5) is 5.13 Å². The lowest BCUT2D eigenvalue weighted by atomic mass is 9.85. The normalized spacial score (nSPS) is 30.9. The number of aromatic nitrogens is 1. The third-order valence-electron chi connectivity index (χ3n) is 5.12. The van der Waals surface area contributed by atoms with Gasteiger partial charge in [-0.2, -0.15) is 0 Å². The molecule has 3 rings (SSSR count). The van der Waals surface area contributed by atoms with Crippen molar-refractivity contribution < 1.29 is 0 Å². The van der Waals surface area contributed by atoms with Crippen molar-refractivity contribution in [2.45, 2.75) is 32.7 Å². The van der Waals surface area contributed by atoms with Gasteiger partial charge in [-0.05, 0) is 24.2 Å². The largest absolute Gasteiger partial charge is 0.346 e. The Morgan fingerprint density at radius 1 is 1.35 bits per heavy atom. The SMILES string of the molecule is CC1(C)CCC(CN2CCN(c3nccs3)CC2)C1N. The van der Waals surface area contributed by atoms with Crippen LogP contribution in [0.5, 0.6) is 0 Å². The standard InChI is InChI=1S/C15H26N4S/c1-15(2)4-3-12(13(15)16)11-18-6-8-19(9-7-18)14-17-5-10-20-14/h5,10,12-13H,3-4,6-9,11,16H2,1-2H3. The van der Waals surface area contributed by atoms with Crippen LogP contribution in [0.1, 0.15) is 26.7 Å². The topological polar surface area (TPSA) is 45.4 Å². The zero-order valence-electron chi connectivity index (χ0n) is 12.6. The third-order valence-corrected chi connectivity index (χ3v) is 5.96. The quantitative estimate of drug-likeness (QED) is 0.926. The molecule has 112 valence electrons. The average Bonchev–Trinajstić information content (AvgIpc) is 3.04. The Morgan fingerprint density at radius 2 is 2.10 bits per heavy atom. The van der Waals surface area contributed by atoms with Gasteiger partial charge < -0.3 is 10.6 Å². The maximum absolute atomic E-state index is 6.43. The predicted octanol–water partition coefficient (Wildman–Crippen LogP) is 2.03. The van der Waals surface area contributed by atoms with Crippen LogP contribution in [0, 0.1) is 11.3 Å². The highest BCUT2D eigenvalue weighted by Crippen LogP contribution is 2.40. The van der Waals surface area contributed by atoms with E-state index in [2.05, 4.69) is 34.0 Å². The van der Waals surface area contributed by atoms with Crippen LogP contribution in [0.25, 0.3) is 0 Å². The molecule has 2 aliphatic rings. The molecule has 2 heterocycles. The molecule has 1 aromatic rings. The van der Waals surface area contributed by atoms with Crippen LogP contribution >= 0.6 is 11.3 Å². The summed E-state index contributed by atoms with van der Waals surface area (Å²) in [6.45, 7) is 10.3. The molecule has 1 aliphatic heterocycles. The summed E-state index contributed by atoms with van der Waals surface area (Å²) < 4.78 is 0. The summed E-state index contributed by atoms with van der Waals surface area (Å²) in [6, 6.07) is 0.361. The summed E-state index contributed by atoms with van der Waals surface area (Å²) in [5.74, 6) is 0.677. The van der Waals surface area contributed by atoms with Crippen molar-refractivity contribution in [1.29, 1.82) is 0 Å². The second-order valence-electron chi connectivity index (χ2n) is 6.92. The maximum Gasteiger partial charge on any atom is 0.185 e. The van der Waals surface area contributed by atoms with Crippen LogP contribution in [-0.2, 0) is 0 Å². The number of nitrogens with two attached hydrogens (primary N) is 1. The van der Waals surface area contributed by atoms with Gasteiger partial charge in [0.1, 0.15) is 0 Å². The van der Waals surface area contributed by atoms with Crippen LogP contribution in [0.2, 0.25) is 0 Å². The molecule has 2 unspecified atom stereocenters. The molecule has 0 amide bonds. The first-order valence-electron chi connectivity index (χ1n) is 7.69. The van der Waals surface area contributed by atoms with Crippen molar-refractivity contribution in [2.75, 3.05) is 37.6 Å². The average molecular weight is 294 g/mol. The summed E-state index contributed by atoms with van der Waals surface area (Å²) in [5, 5.41) is 3.23. The lowest BCUT2D eigenvalue weighted by Gasteiger charge is -2.37. The van der Waals surface area contributed by atoms with E-state index in [1.54, 1.807) is 11.3 Å². The highest BCUT2D eigenvalue weighted by atomic mass is 32.1. The Hall–Kier alpha value is -0.650. The summed E-state index contributed by atoms with van der Waals surface area (Å²) in [5.41, 5.74) is 6.76. The monoisotopic (exact) mass is 294 g/mol. The second-order valence-corrected chi connectivity index (χ2v) is 7.79. The molecular formula is C15H26N4S. The number of thiazole rings is 1. The van der Waals surface area contributed by atoms with Gasteiger partial charge in [-0.3, -0.25) is 4.90 Å². The first kappa shape index (κ1) is 14.3. The lowest BCUT2D eigenvalue weighted by Crippen LogP contribution is -2.50. The Labute approximate surface area is 126 Å². The molecule has 0 aromatic carbocycles. The number of piperazine rings is 1. The molecular weight excluding hydrogens is 268 g/mol. The van der Waals surface area contributed by atoms with E-state index in [4.69, 9.17) is 5.73 Å². The number of rotatable bonds is 3. The summed E-state index contributed by atoms with van der Waals surface area (Å²) in [7, 11) is 0. The summed E-state index contributed by atoms with van der Waals surface area (Å²) in [6.07, 6.45) is 4.46. The summed E-state index contributed by atoms with van der Waals surface area (Å²) >= 11 is 1.74. The zero-order chi connectivity index (χ0) is 14.2. The molecule has 0 spiro atoms. The van der Waals surface area contributed by atoms with Gasteiger partial charge in [-0.15, -0.1) is 11.3 Å². The van der Waals surface area contributed by atoms with E-state index >= 15 is 0 Å². The summed E-state index contributed by atoms with van der Waals surface area (Å²) in [4.78, 5) is 9.40. The van der Waals surface area contributed by atoms with E-state index < -0.39 is 0 Å². The zero-order valence-corrected chi connectivity index (χ0v) is 13.4. The first-order valence-corrected chi connectivity index (χ1v) is 8.56. The Balaban J connectivity index is 1.50. The van der Waals surface area contributed by atoms with E-state index in [-0.39, 0.29) is 0 Å². The predicted molar refractivity (Wildman–Crippen MR) is 85.2 cm³/mol. The molecule has 1 aromatic heterocycles. The van der Waals surface area contributed by atoms with Gasteiger partial charge in [0.15, 0.2) is 5.13 Å². The van der Waals surface area contributed by atoms with Gasteiger partial charge in [0.05, 0.1) is 0 Å². The molecule has 0 bridgehead atoms. The van der Waals surface area contributed by atoms with Gasteiger partial charge >= 0.3 is 0 Å². The molecule has 5 heteroatoms. The van der Waals surface area contributed by atoms with Crippen LogP contribution < -0.4 is 10.6 Å². The molecule has 4 nitrogen and oxygen atoms in total. The van der Waals surface area contributed by atoms with E-state index in [0.717, 1.165) is 26.2 Å². The fraction of sp³-hybridized carbons (Fsp3) is 0.800. The van der Waals surface area contributed by atoms with Crippen molar-refractivity contribution >= 4 is 16.5 Å². The molecule has 1 saturated heterocycles. The van der Waals surface area contributed by atoms with Gasteiger partial charge in [-0.1, -0.05) is 13.8 Å². The highest BCUT2D eigenvalue weighted by molar-refractivity contribution is 7.13. The molecule has 1 saturated carbocycles. The maximum atomic E-state index is 6.43. The fourth-order valence-electron chi connectivity index (χ4n) is 3.57. The molecule has 20 heavy (non-hydrogen) atoms. The van der Waals surface area contributed by atoms with E-state index in [1.165, 1.54) is 24.5 Å². The van der Waals surface area contributed by atoms with Gasteiger partial charge in [-0.25, -0.2) is 4.98 Å². The van der Waals surface area contributed by atoms with Crippen molar-refractivity contribution in [3.8, 4) is 0 Å². The lowest BCUT2D eigenvalue weighted by molar-refractivity contribution is 0.196. The van der Waals surface area contributed by atoms with Crippen LogP contribution in [-0.4, -0.2) is 48.6 Å². The minimum absolute atomic E-state index is 0.327. The third kappa shape index (κ3) is 2.85. The van der Waals surface area contributed by atoms with Crippen LogP contribution in [0.3, 0.4) is 0 Å². The van der Waals surface area contributed by atoms with Gasteiger partial charge in [0.2, 0.25) is 0 Å². The number of hydrogen-bond acceptors (Lipinski definition) is 5. The van der Waals surface area contributed by atoms with E-state index in [9.17, 15) is 0 Å². The highest BCUT2D eigenvalue weighted by Gasteiger charge is 2.40. The fourth-order valence-corrected chi connectivity index (χ4v) is 4.27. The Kier molecular flexibility index (Phi) is 4.02. The van der Waals surface area contributed by atoms with E-state index in [1.807, 2.05) is 6.20 Å². The minimum Gasteiger partial charge on any atom is -0.346 e. The van der Waals surface area contributed by atoms with Gasteiger partial charge in [0, 0.05) is 50.3 Å². The minimum atomic E-state index is 0.327. The van der Waals surface area contributed by atoms with Crippen molar-refractivity contribution in [2.24, 2.45) is 17.1 Å². The molecule has 2 N–H and O–H groups in total. The van der Waals surface area contributed by atoms with Crippen LogP contribution in [0.15, 0.2) is 11.6 Å². The van der Waals surface area contributed by atoms with E-state index in [0.29, 0.717) is 17.4 Å². The number of hydrogen-bond donors (Lipinski definition) is 1. The number of anilines is 1. The number of nitrogens with zero attached hydrogens (tertiary/aromatic N) is 3.